The summed E-state index contributed by atoms with van der Waals surface area (Å²) in [6, 6.07) is 14.2. The fraction of sp³-hybridized carbons (Fsp3) is 0.176. The summed E-state index contributed by atoms with van der Waals surface area (Å²) in [4.78, 5) is 4.23. The summed E-state index contributed by atoms with van der Waals surface area (Å²) in [7, 11) is 1.77. The van der Waals surface area contributed by atoms with E-state index in [9.17, 15) is 0 Å². The first kappa shape index (κ1) is 15.3. The SMILES string of the molecule is CN=C(NCc1ccsc1)NCc1ccn(-c2ccccc2)n1. The molecule has 3 aromatic rings. The third-order valence-corrected chi connectivity index (χ3v) is 4.10. The van der Waals surface area contributed by atoms with Crippen molar-refractivity contribution in [1.82, 2.24) is 20.4 Å². The maximum absolute atomic E-state index is 4.57. The van der Waals surface area contributed by atoms with Crippen molar-refractivity contribution in [3.8, 4) is 5.69 Å². The van der Waals surface area contributed by atoms with E-state index in [1.54, 1.807) is 18.4 Å². The molecule has 2 aromatic heterocycles. The number of aromatic nitrogens is 2. The van der Waals surface area contributed by atoms with Gasteiger partial charge in [-0.15, -0.1) is 0 Å². The molecule has 0 saturated heterocycles. The molecule has 0 amide bonds. The third-order valence-electron chi connectivity index (χ3n) is 3.37. The van der Waals surface area contributed by atoms with E-state index in [2.05, 4.69) is 37.6 Å². The molecule has 5 nitrogen and oxygen atoms in total. The number of para-hydroxylation sites is 1. The summed E-state index contributed by atoms with van der Waals surface area (Å²) in [5, 5.41) is 15.3. The monoisotopic (exact) mass is 325 g/mol. The quantitative estimate of drug-likeness (QED) is 0.560. The van der Waals surface area contributed by atoms with E-state index >= 15 is 0 Å². The van der Waals surface area contributed by atoms with Gasteiger partial charge in [-0.1, -0.05) is 18.2 Å². The van der Waals surface area contributed by atoms with Crippen LogP contribution in [-0.2, 0) is 13.1 Å². The van der Waals surface area contributed by atoms with Gasteiger partial charge in [0.15, 0.2) is 5.96 Å². The summed E-state index contributed by atoms with van der Waals surface area (Å²) in [5.41, 5.74) is 3.28. The van der Waals surface area contributed by atoms with E-state index < -0.39 is 0 Å². The lowest BCUT2D eigenvalue weighted by Gasteiger charge is -2.10. The number of hydrogen-bond donors (Lipinski definition) is 2. The standard InChI is InChI=1S/C17H19N5S/c1-18-17(19-11-14-8-10-23-13-14)20-12-15-7-9-22(21-15)16-5-3-2-4-6-16/h2-10,13H,11-12H2,1H3,(H2,18,19,20). The second-order valence-corrected chi connectivity index (χ2v) is 5.78. The van der Waals surface area contributed by atoms with Gasteiger partial charge in [-0.25, -0.2) is 4.68 Å². The molecule has 0 radical (unpaired) electrons. The topological polar surface area (TPSA) is 54.2 Å². The molecule has 1 aromatic carbocycles. The molecule has 0 unspecified atom stereocenters. The number of rotatable bonds is 5. The Morgan fingerprint density at radius 2 is 1.96 bits per heavy atom. The van der Waals surface area contributed by atoms with Crippen molar-refractivity contribution in [3.05, 3.63) is 70.7 Å². The van der Waals surface area contributed by atoms with Crippen molar-refractivity contribution >= 4 is 17.3 Å². The molecule has 0 aliphatic heterocycles. The van der Waals surface area contributed by atoms with Crippen LogP contribution < -0.4 is 10.6 Å². The highest BCUT2D eigenvalue weighted by molar-refractivity contribution is 7.07. The molecule has 0 spiro atoms. The minimum atomic E-state index is 0.628. The number of nitrogens with one attached hydrogen (secondary N) is 2. The van der Waals surface area contributed by atoms with E-state index in [-0.39, 0.29) is 0 Å². The summed E-state index contributed by atoms with van der Waals surface area (Å²) in [6.45, 7) is 1.39. The third kappa shape index (κ3) is 4.20. The van der Waals surface area contributed by atoms with Crippen LogP contribution in [0.3, 0.4) is 0 Å². The highest BCUT2D eigenvalue weighted by atomic mass is 32.1. The smallest absolute Gasteiger partial charge is 0.191 e. The normalized spacial score (nSPS) is 11.4. The molecular formula is C17H19N5S. The van der Waals surface area contributed by atoms with E-state index in [0.717, 1.165) is 23.9 Å². The van der Waals surface area contributed by atoms with Crippen molar-refractivity contribution in [3.63, 3.8) is 0 Å². The number of aliphatic imine (C=N–C) groups is 1. The van der Waals surface area contributed by atoms with Crippen molar-refractivity contribution < 1.29 is 0 Å². The Morgan fingerprint density at radius 3 is 2.70 bits per heavy atom. The van der Waals surface area contributed by atoms with Gasteiger partial charge in [0.1, 0.15) is 0 Å². The predicted molar refractivity (Wildman–Crippen MR) is 94.9 cm³/mol. The molecule has 0 bridgehead atoms. The zero-order valence-electron chi connectivity index (χ0n) is 12.9. The largest absolute Gasteiger partial charge is 0.352 e. The van der Waals surface area contributed by atoms with Crippen LogP contribution >= 0.6 is 11.3 Å². The number of nitrogens with zero attached hydrogens (tertiary/aromatic N) is 3. The minimum Gasteiger partial charge on any atom is -0.352 e. The second kappa shape index (κ2) is 7.60. The van der Waals surface area contributed by atoms with Crippen LogP contribution in [0.2, 0.25) is 0 Å². The number of hydrogen-bond acceptors (Lipinski definition) is 3. The van der Waals surface area contributed by atoms with Gasteiger partial charge in [-0.2, -0.15) is 16.4 Å². The van der Waals surface area contributed by atoms with E-state index in [1.165, 1.54) is 5.56 Å². The molecule has 0 saturated carbocycles. The summed E-state index contributed by atoms with van der Waals surface area (Å²) in [5.74, 6) is 0.769. The summed E-state index contributed by atoms with van der Waals surface area (Å²) in [6.07, 6.45) is 1.97. The molecule has 0 aliphatic carbocycles. The Labute approximate surface area is 139 Å². The molecule has 0 fully saturated rings. The number of guanidine groups is 1. The molecule has 2 heterocycles. The van der Waals surface area contributed by atoms with Crippen molar-refractivity contribution in [2.75, 3.05) is 7.05 Å². The highest BCUT2D eigenvalue weighted by Gasteiger charge is 2.03. The molecule has 6 heteroatoms. The maximum atomic E-state index is 4.57. The molecule has 0 aliphatic rings. The molecule has 3 rings (SSSR count). The van der Waals surface area contributed by atoms with Gasteiger partial charge in [-0.3, -0.25) is 4.99 Å². The van der Waals surface area contributed by atoms with Gasteiger partial charge in [0, 0.05) is 19.8 Å². The fourth-order valence-corrected chi connectivity index (χ4v) is 2.82. The van der Waals surface area contributed by atoms with E-state index in [4.69, 9.17) is 0 Å². The zero-order chi connectivity index (χ0) is 15.9. The van der Waals surface area contributed by atoms with Crippen molar-refractivity contribution in [1.29, 1.82) is 0 Å². The maximum Gasteiger partial charge on any atom is 0.191 e. The zero-order valence-corrected chi connectivity index (χ0v) is 13.8. The lowest BCUT2D eigenvalue weighted by Crippen LogP contribution is -2.36. The highest BCUT2D eigenvalue weighted by Crippen LogP contribution is 2.07. The lowest BCUT2D eigenvalue weighted by atomic mass is 10.3. The molecule has 2 N–H and O–H groups in total. The van der Waals surface area contributed by atoms with Gasteiger partial charge in [0.2, 0.25) is 0 Å². The van der Waals surface area contributed by atoms with Crippen LogP contribution in [0.5, 0.6) is 0 Å². The van der Waals surface area contributed by atoms with Gasteiger partial charge in [0.25, 0.3) is 0 Å². The van der Waals surface area contributed by atoms with Gasteiger partial charge >= 0.3 is 0 Å². The Balaban J connectivity index is 1.54. The van der Waals surface area contributed by atoms with Crippen LogP contribution in [-0.4, -0.2) is 22.8 Å². The van der Waals surface area contributed by atoms with Crippen LogP contribution in [0.15, 0.2) is 64.4 Å². The Kier molecular flexibility index (Phi) is 5.06. The van der Waals surface area contributed by atoms with Crippen molar-refractivity contribution in [2.24, 2.45) is 4.99 Å². The van der Waals surface area contributed by atoms with E-state index in [1.807, 2.05) is 47.3 Å². The first-order valence-corrected chi connectivity index (χ1v) is 8.35. The van der Waals surface area contributed by atoms with Crippen LogP contribution in [0.1, 0.15) is 11.3 Å². The Morgan fingerprint density at radius 1 is 1.13 bits per heavy atom. The number of thiophene rings is 1. The predicted octanol–water partition coefficient (Wildman–Crippen LogP) is 2.80. The van der Waals surface area contributed by atoms with Gasteiger partial charge < -0.3 is 10.6 Å². The molecule has 0 atom stereocenters. The number of benzene rings is 1. The molecular weight excluding hydrogens is 306 g/mol. The van der Waals surface area contributed by atoms with Crippen molar-refractivity contribution in [2.45, 2.75) is 13.1 Å². The second-order valence-electron chi connectivity index (χ2n) is 5.00. The first-order valence-electron chi connectivity index (χ1n) is 7.41. The minimum absolute atomic E-state index is 0.628. The summed E-state index contributed by atoms with van der Waals surface area (Å²) < 4.78 is 1.87. The average Bonchev–Trinajstić information content (AvgIpc) is 3.27. The van der Waals surface area contributed by atoms with Crippen LogP contribution in [0.4, 0.5) is 0 Å². The fourth-order valence-electron chi connectivity index (χ4n) is 2.15. The van der Waals surface area contributed by atoms with Gasteiger partial charge in [0.05, 0.1) is 17.9 Å². The van der Waals surface area contributed by atoms with Crippen LogP contribution in [0, 0.1) is 0 Å². The molecule has 23 heavy (non-hydrogen) atoms. The van der Waals surface area contributed by atoms with Crippen LogP contribution in [0.25, 0.3) is 5.69 Å². The average molecular weight is 325 g/mol. The Hall–Kier alpha value is -2.60. The first-order chi connectivity index (χ1) is 11.3. The summed E-state index contributed by atoms with van der Waals surface area (Å²) >= 11 is 1.70. The Bertz CT molecular complexity index is 746. The lowest BCUT2D eigenvalue weighted by molar-refractivity contribution is 0.769. The van der Waals surface area contributed by atoms with Gasteiger partial charge in [-0.05, 0) is 40.6 Å². The van der Waals surface area contributed by atoms with E-state index in [0.29, 0.717) is 6.54 Å². The molecule has 118 valence electrons.